The van der Waals surface area contributed by atoms with Crippen LogP contribution in [0.5, 0.6) is 5.75 Å². The van der Waals surface area contributed by atoms with E-state index in [9.17, 15) is 4.79 Å². The average molecular weight is 362 g/mol. The van der Waals surface area contributed by atoms with Crippen LogP contribution < -0.4 is 10.1 Å². The van der Waals surface area contributed by atoms with Crippen LogP contribution in [0.4, 0.5) is 0 Å². The molecule has 0 heterocycles. The zero-order valence-electron chi connectivity index (χ0n) is 8.87. The molecule has 0 radical (unpaired) electrons. The lowest BCUT2D eigenvalue weighted by molar-refractivity contribution is -0.123. The predicted molar refractivity (Wildman–Crippen MR) is 70.6 cm³/mol. The maximum absolute atomic E-state index is 11.3. The van der Waals surface area contributed by atoms with Crippen molar-refractivity contribution in [2.45, 2.75) is 6.42 Å². The molecule has 0 aliphatic heterocycles. The minimum atomic E-state index is -0.241. The van der Waals surface area contributed by atoms with Gasteiger partial charge in [0.05, 0.1) is 17.0 Å². The van der Waals surface area contributed by atoms with Gasteiger partial charge in [-0.05, 0) is 34.1 Å². The van der Waals surface area contributed by atoms with Crippen LogP contribution >= 0.6 is 31.9 Å². The number of carbonyl (C=O) groups excluding carboxylic acids is 1. The third kappa shape index (κ3) is 5.20. The predicted octanol–water partition coefficient (Wildman–Crippen LogP) is 2.62. The summed E-state index contributed by atoms with van der Waals surface area (Å²) in [6, 6.07) is 7.37. The van der Waals surface area contributed by atoms with Gasteiger partial charge in [0.1, 0.15) is 5.75 Å². The maximum atomic E-state index is 11.3. The van der Waals surface area contributed by atoms with Crippen LogP contribution in [0.15, 0.2) is 27.1 Å². The Hall–Kier alpha value is -1.06. The van der Waals surface area contributed by atoms with Gasteiger partial charge in [-0.1, -0.05) is 15.9 Å². The monoisotopic (exact) mass is 360 g/mol. The molecule has 0 spiro atoms. The molecule has 1 amide bonds. The van der Waals surface area contributed by atoms with E-state index < -0.39 is 0 Å². The van der Waals surface area contributed by atoms with Crippen molar-refractivity contribution in [3.63, 3.8) is 0 Å². The van der Waals surface area contributed by atoms with E-state index in [1.165, 1.54) is 0 Å². The number of benzene rings is 1. The summed E-state index contributed by atoms with van der Waals surface area (Å²) in [6.45, 7) is 0.284. The van der Waals surface area contributed by atoms with Crippen LogP contribution in [0.2, 0.25) is 0 Å². The second kappa shape index (κ2) is 7.30. The molecule has 0 aliphatic carbocycles. The second-order valence-electron chi connectivity index (χ2n) is 3.12. The van der Waals surface area contributed by atoms with Gasteiger partial charge in [-0.2, -0.15) is 5.26 Å². The molecule has 0 unspecified atom stereocenters. The fourth-order valence-corrected chi connectivity index (χ4v) is 2.21. The Balaban J connectivity index is 2.40. The first kappa shape index (κ1) is 14.0. The Morgan fingerprint density at radius 1 is 1.47 bits per heavy atom. The molecule has 6 heteroatoms. The molecule has 0 aliphatic rings. The molecule has 4 nitrogen and oxygen atoms in total. The molecule has 0 saturated heterocycles. The summed E-state index contributed by atoms with van der Waals surface area (Å²) >= 11 is 6.65. The number of rotatable bonds is 5. The average Bonchev–Trinajstić information content (AvgIpc) is 2.28. The van der Waals surface area contributed by atoms with E-state index in [0.717, 1.165) is 8.95 Å². The molecule has 90 valence electrons. The highest BCUT2D eigenvalue weighted by molar-refractivity contribution is 9.11. The third-order valence-electron chi connectivity index (χ3n) is 1.81. The smallest absolute Gasteiger partial charge is 0.257 e. The van der Waals surface area contributed by atoms with Gasteiger partial charge in [-0.3, -0.25) is 4.79 Å². The van der Waals surface area contributed by atoms with Crippen molar-refractivity contribution in [3.05, 3.63) is 27.1 Å². The summed E-state index contributed by atoms with van der Waals surface area (Å²) in [4.78, 5) is 11.3. The van der Waals surface area contributed by atoms with Crippen LogP contribution in [0.25, 0.3) is 0 Å². The fourth-order valence-electron chi connectivity index (χ4n) is 1.04. The standard InChI is InChI=1S/C11H10Br2N2O2/c12-8-2-3-10(9(13)6-8)17-7-11(16)15-5-1-4-14/h2-3,6H,1,5,7H2,(H,15,16). The Bertz CT molecular complexity index is 444. The summed E-state index contributed by atoms with van der Waals surface area (Å²) in [5.74, 6) is 0.360. The SMILES string of the molecule is N#CCCNC(=O)COc1ccc(Br)cc1Br. The number of hydrogen-bond donors (Lipinski definition) is 1. The summed E-state index contributed by atoms with van der Waals surface area (Å²) in [5.41, 5.74) is 0. The van der Waals surface area contributed by atoms with Crippen LogP contribution in [-0.4, -0.2) is 19.1 Å². The third-order valence-corrected chi connectivity index (χ3v) is 2.92. The molecule has 0 atom stereocenters. The lowest BCUT2D eigenvalue weighted by Gasteiger charge is -2.08. The number of carbonyl (C=O) groups is 1. The number of hydrogen-bond acceptors (Lipinski definition) is 3. The minimum absolute atomic E-state index is 0.0638. The van der Waals surface area contributed by atoms with Crippen LogP contribution in [0.3, 0.4) is 0 Å². The normalized spacial score (nSPS) is 9.47. The van der Waals surface area contributed by atoms with Crippen molar-refractivity contribution in [1.29, 1.82) is 5.26 Å². The molecule has 0 aromatic heterocycles. The highest BCUT2D eigenvalue weighted by atomic mass is 79.9. The van der Waals surface area contributed by atoms with Crippen LogP contribution in [0, 0.1) is 11.3 Å². The van der Waals surface area contributed by atoms with E-state index in [0.29, 0.717) is 18.7 Å². The van der Waals surface area contributed by atoms with Crippen molar-refractivity contribution in [1.82, 2.24) is 5.32 Å². The van der Waals surface area contributed by atoms with Gasteiger partial charge in [0.25, 0.3) is 5.91 Å². The van der Waals surface area contributed by atoms with E-state index in [4.69, 9.17) is 10.00 Å². The highest BCUT2D eigenvalue weighted by Crippen LogP contribution is 2.27. The van der Waals surface area contributed by atoms with E-state index >= 15 is 0 Å². The Morgan fingerprint density at radius 3 is 2.88 bits per heavy atom. The molecular weight excluding hydrogens is 352 g/mol. The molecule has 1 aromatic carbocycles. The number of amides is 1. The number of nitrogens with one attached hydrogen (secondary N) is 1. The fraction of sp³-hybridized carbons (Fsp3) is 0.273. The molecule has 1 N–H and O–H groups in total. The van der Waals surface area contributed by atoms with Crippen molar-refractivity contribution in [3.8, 4) is 11.8 Å². The summed E-state index contributed by atoms with van der Waals surface area (Å²) in [6.07, 6.45) is 0.299. The van der Waals surface area contributed by atoms with E-state index in [2.05, 4.69) is 37.2 Å². The Labute approximate surface area is 116 Å². The Kier molecular flexibility index (Phi) is 6.01. The lowest BCUT2D eigenvalue weighted by Crippen LogP contribution is -2.29. The van der Waals surface area contributed by atoms with Gasteiger partial charge >= 0.3 is 0 Å². The van der Waals surface area contributed by atoms with Crippen molar-refractivity contribution in [2.75, 3.05) is 13.2 Å². The van der Waals surface area contributed by atoms with Crippen molar-refractivity contribution >= 4 is 37.8 Å². The first-order chi connectivity index (χ1) is 8.13. The molecule has 1 rings (SSSR count). The van der Waals surface area contributed by atoms with Crippen molar-refractivity contribution < 1.29 is 9.53 Å². The summed E-state index contributed by atoms with van der Waals surface area (Å²) < 4.78 is 7.02. The van der Waals surface area contributed by atoms with Gasteiger partial charge in [0, 0.05) is 11.0 Å². The van der Waals surface area contributed by atoms with Gasteiger partial charge in [-0.15, -0.1) is 0 Å². The molecule has 17 heavy (non-hydrogen) atoms. The number of ether oxygens (including phenoxy) is 1. The van der Waals surface area contributed by atoms with Crippen molar-refractivity contribution in [2.24, 2.45) is 0 Å². The van der Waals surface area contributed by atoms with Gasteiger partial charge < -0.3 is 10.1 Å². The topological polar surface area (TPSA) is 62.1 Å². The first-order valence-electron chi connectivity index (χ1n) is 4.85. The van der Waals surface area contributed by atoms with E-state index in [-0.39, 0.29) is 12.5 Å². The highest BCUT2D eigenvalue weighted by Gasteiger charge is 2.05. The molecular formula is C11H10Br2N2O2. The molecule has 0 saturated carbocycles. The number of nitrogens with zero attached hydrogens (tertiary/aromatic N) is 1. The lowest BCUT2D eigenvalue weighted by atomic mass is 10.3. The van der Waals surface area contributed by atoms with Crippen LogP contribution in [0.1, 0.15) is 6.42 Å². The molecule has 0 fully saturated rings. The van der Waals surface area contributed by atoms with Gasteiger partial charge in [-0.25, -0.2) is 0 Å². The Morgan fingerprint density at radius 2 is 2.24 bits per heavy atom. The van der Waals surface area contributed by atoms with Crippen LogP contribution in [-0.2, 0) is 4.79 Å². The number of halogens is 2. The van der Waals surface area contributed by atoms with Gasteiger partial charge in [0.15, 0.2) is 6.61 Å². The van der Waals surface area contributed by atoms with Gasteiger partial charge in [0.2, 0.25) is 0 Å². The summed E-state index contributed by atoms with van der Waals surface area (Å²) in [7, 11) is 0. The number of nitriles is 1. The van der Waals surface area contributed by atoms with E-state index in [1.807, 2.05) is 18.2 Å². The zero-order chi connectivity index (χ0) is 12.7. The maximum Gasteiger partial charge on any atom is 0.257 e. The first-order valence-corrected chi connectivity index (χ1v) is 6.43. The second-order valence-corrected chi connectivity index (χ2v) is 4.89. The molecule has 0 bridgehead atoms. The zero-order valence-corrected chi connectivity index (χ0v) is 12.0. The summed E-state index contributed by atoms with van der Waals surface area (Å²) in [5, 5.41) is 10.9. The molecule has 1 aromatic rings. The quantitative estimate of drug-likeness (QED) is 0.820. The van der Waals surface area contributed by atoms with E-state index in [1.54, 1.807) is 6.07 Å². The largest absolute Gasteiger partial charge is 0.483 e. The minimum Gasteiger partial charge on any atom is -0.483 e.